The molecule has 0 fully saturated rings. The summed E-state index contributed by atoms with van der Waals surface area (Å²) < 4.78 is 0. The van der Waals surface area contributed by atoms with E-state index in [4.69, 9.17) is 59.4 Å². The van der Waals surface area contributed by atoms with Crippen molar-refractivity contribution in [2.24, 2.45) is 0 Å². The third kappa shape index (κ3) is 67.1. The maximum absolute atomic E-state index is 9.10. The zero-order chi connectivity index (χ0) is 15.5. The Morgan fingerprint density at radius 1 is 0.391 bits per heavy atom. The number of rotatable bonds is 0. The molecule has 0 spiro atoms. The third-order valence-electron chi connectivity index (χ3n) is 0.549. The minimum atomic E-state index is -1.82. The van der Waals surface area contributed by atoms with Crippen LogP contribution in [0.5, 0.6) is 0 Å². The number of hydrogen-bond donors (Lipinski definition) is 9. The first-order chi connectivity index (χ1) is 7.93. The molecule has 17 heteroatoms. The molecule has 140 valence electrons. The minimum absolute atomic E-state index is 0. The van der Waals surface area contributed by atoms with Crippen molar-refractivity contribution in [3.8, 4) is 0 Å². The maximum atomic E-state index is 9.10. The van der Waals surface area contributed by atoms with E-state index >= 15 is 0 Å². The molecule has 0 rings (SSSR count). The first kappa shape index (κ1) is 50.0. The molecule has 0 heterocycles. The first-order valence-electron chi connectivity index (χ1n) is 3.32. The largest absolute Gasteiger partial charge is 0.473 e. The normalized spacial score (nSPS) is 5.74. The summed E-state index contributed by atoms with van der Waals surface area (Å²) in [5.74, 6) is -10.9. The Morgan fingerprint density at radius 3 is 0.435 bits per heavy atom. The topological polar surface area (TPSA) is 360 Å². The van der Waals surface area contributed by atoms with Crippen molar-refractivity contribution < 1.29 is 82.2 Å². The molecule has 0 atom stereocenters. The fourth-order valence-corrected chi connectivity index (χ4v) is 0. The zero-order valence-corrected chi connectivity index (χ0v) is 12.4. The number of aliphatic carboxylic acids is 6. The molecule has 23 heavy (non-hydrogen) atoms. The van der Waals surface area contributed by atoms with E-state index in [0.717, 1.165) is 0 Å². The molecule has 0 aliphatic rings. The molecule has 17 N–H and O–H groups in total. The molecule has 0 aromatic rings. The fourth-order valence-electron chi connectivity index (χ4n) is 0. The van der Waals surface area contributed by atoms with Crippen LogP contribution in [0.25, 0.3) is 0 Å². The molecule has 0 saturated carbocycles. The van der Waals surface area contributed by atoms with Gasteiger partial charge in [-0.3, -0.25) is 0 Å². The van der Waals surface area contributed by atoms with Crippen LogP contribution in [0.2, 0.25) is 0 Å². The van der Waals surface area contributed by atoms with Gasteiger partial charge in [-0.05, 0) is 0 Å². The fraction of sp³-hybridized carbons (Fsp3) is 0. The summed E-state index contributed by atoms with van der Waals surface area (Å²) in [6, 6.07) is 0. The van der Waals surface area contributed by atoms with Crippen molar-refractivity contribution >= 4 is 35.8 Å². The molecular formula is C6H17CrN3O13. The van der Waals surface area contributed by atoms with E-state index in [2.05, 4.69) is 0 Å². The second-order valence-electron chi connectivity index (χ2n) is 1.83. The van der Waals surface area contributed by atoms with Gasteiger partial charge in [-0.1, -0.05) is 0 Å². The smallest absolute Gasteiger partial charge is 0.414 e. The van der Waals surface area contributed by atoms with Gasteiger partial charge in [0.25, 0.3) is 0 Å². The number of carbonyl (C=O) groups is 6. The molecular weight excluding hydrogens is 374 g/mol. The van der Waals surface area contributed by atoms with Crippen molar-refractivity contribution in [3.05, 3.63) is 0 Å². The van der Waals surface area contributed by atoms with Gasteiger partial charge >= 0.3 is 35.8 Å². The van der Waals surface area contributed by atoms with Crippen molar-refractivity contribution in [3.63, 3.8) is 0 Å². The van der Waals surface area contributed by atoms with Gasteiger partial charge in [0.15, 0.2) is 0 Å². The molecule has 0 saturated heterocycles. The molecule has 0 bridgehead atoms. The molecule has 0 aromatic heterocycles. The Morgan fingerprint density at radius 2 is 0.435 bits per heavy atom. The summed E-state index contributed by atoms with van der Waals surface area (Å²) in [6.07, 6.45) is 0. The summed E-state index contributed by atoms with van der Waals surface area (Å²) in [7, 11) is 0. The van der Waals surface area contributed by atoms with Crippen LogP contribution in [-0.2, 0) is 46.1 Å². The predicted octanol–water partition coefficient (Wildman–Crippen LogP) is -2.87. The van der Waals surface area contributed by atoms with Crippen molar-refractivity contribution in [2.75, 3.05) is 0 Å². The summed E-state index contributed by atoms with van der Waals surface area (Å²) in [5, 5.41) is 44.3. The van der Waals surface area contributed by atoms with E-state index in [1.165, 1.54) is 0 Å². The third-order valence-corrected chi connectivity index (χ3v) is 0.549. The molecule has 0 radical (unpaired) electrons. The van der Waals surface area contributed by atoms with Crippen LogP contribution in [0.15, 0.2) is 0 Å². The minimum Gasteiger partial charge on any atom is -0.473 e. The molecule has 0 aromatic carbocycles. The summed E-state index contributed by atoms with van der Waals surface area (Å²) in [5.41, 5.74) is 0. The number of hydrogen-bond acceptors (Lipinski definition) is 9. The first-order valence-corrected chi connectivity index (χ1v) is 3.32. The average Bonchev–Trinajstić information content (AvgIpc) is 2.18. The van der Waals surface area contributed by atoms with Gasteiger partial charge < -0.3 is 54.6 Å². The SMILES string of the molecule is N.N.N.O.O=C(O)C(=O)O.O=C(O)C(=O)O.O=C(O)C(=O)O.[Cr]. The van der Waals surface area contributed by atoms with Crippen molar-refractivity contribution in [2.45, 2.75) is 0 Å². The van der Waals surface area contributed by atoms with Crippen LogP contribution < -0.4 is 18.5 Å². The van der Waals surface area contributed by atoms with E-state index < -0.39 is 35.8 Å². The second-order valence-corrected chi connectivity index (χ2v) is 1.83. The molecule has 0 aliphatic carbocycles. The Labute approximate surface area is 137 Å². The van der Waals surface area contributed by atoms with Gasteiger partial charge in [-0.25, -0.2) is 28.8 Å². The average molecular weight is 391 g/mol. The van der Waals surface area contributed by atoms with E-state index in [1.807, 2.05) is 0 Å². The van der Waals surface area contributed by atoms with Gasteiger partial charge in [0, 0.05) is 17.4 Å². The monoisotopic (exact) mass is 391 g/mol. The number of carboxylic acids is 6. The van der Waals surface area contributed by atoms with E-state index in [9.17, 15) is 0 Å². The van der Waals surface area contributed by atoms with Crippen LogP contribution in [0.1, 0.15) is 0 Å². The summed E-state index contributed by atoms with van der Waals surface area (Å²) in [6.45, 7) is 0. The molecule has 0 aliphatic heterocycles. The predicted molar refractivity (Wildman–Crippen MR) is 64.5 cm³/mol. The molecule has 16 nitrogen and oxygen atoms in total. The zero-order valence-electron chi connectivity index (χ0n) is 11.2. The van der Waals surface area contributed by atoms with Crippen LogP contribution >= 0.6 is 0 Å². The Bertz CT molecular complexity index is 291. The number of carboxylic acid groups (broad SMARTS) is 6. The molecule has 0 unspecified atom stereocenters. The summed E-state index contributed by atoms with van der Waals surface area (Å²) >= 11 is 0. The van der Waals surface area contributed by atoms with Crippen molar-refractivity contribution in [1.29, 1.82) is 0 Å². The Kier molecular flexibility index (Phi) is 59.9. The quantitative estimate of drug-likeness (QED) is 0.187. The van der Waals surface area contributed by atoms with Crippen LogP contribution in [-0.4, -0.2) is 71.9 Å². The summed E-state index contributed by atoms with van der Waals surface area (Å²) in [4.78, 5) is 54.6. The van der Waals surface area contributed by atoms with Crippen LogP contribution in [0.3, 0.4) is 0 Å². The van der Waals surface area contributed by atoms with Gasteiger partial charge in [0.05, 0.1) is 0 Å². The Balaban J connectivity index is -0.0000000221. The van der Waals surface area contributed by atoms with Gasteiger partial charge in [-0.15, -0.1) is 0 Å². The van der Waals surface area contributed by atoms with E-state index in [1.54, 1.807) is 0 Å². The second kappa shape index (κ2) is 27.5. The van der Waals surface area contributed by atoms with Gasteiger partial charge in [0.1, 0.15) is 0 Å². The molecule has 0 amide bonds. The standard InChI is InChI=1S/3C2H2O4.Cr.3H3N.H2O/c3*3-1(4)2(5)6;;;;;/h3*(H,3,4)(H,5,6);;3*1H3;1H2. The van der Waals surface area contributed by atoms with Crippen LogP contribution in [0.4, 0.5) is 0 Å². The van der Waals surface area contributed by atoms with Gasteiger partial charge in [0.2, 0.25) is 0 Å². The van der Waals surface area contributed by atoms with E-state index in [-0.39, 0.29) is 41.3 Å². The maximum Gasteiger partial charge on any atom is 0.414 e. The van der Waals surface area contributed by atoms with Crippen molar-refractivity contribution in [1.82, 2.24) is 18.5 Å². The van der Waals surface area contributed by atoms with Gasteiger partial charge in [-0.2, -0.15) is 0 Å². The Hall–Kier alpha value is -2.81. The van der Waals surface area contributed by atoms with Crippen LogP contribution in [0, 0.1) is 0 Å². The van der Waals surface area contributed by atoms with E-state index in [0.29, 0.717) is 0 Å².